The van der Waals surface area contributed by atoms with E-state index in [1.54, 1.807) is 12.4 Å². The van der Waals surface area contributed by atoms with E-state index in [9.17, 15) is 10.1 Å². The quantitative estimate of drug-likeness (QED) is 0.509. The SMILES string of the molecule is Nc1ccc([N+](=O)[O-])c(-n2cc(I)cn2)n1. The Labute approximate surface area is 104 Å². The number of pyridine rings is 1. The Morgan fingerprint density at radius 2 is 2.25 bits per heavy atom. The van der Waals surface area contributed by atoms with Crippen LogP contribution in [-0.2, 0) is 0 Å². The lowest BCUT2D eigenvalue weighted by Crippen LogP contribution is -2.05. The number of nitrogens with two attached hydrogens (primary N) is 1. The minimum absolute atomic E-state index is 0.118. The van der Waals surface area contributed by atoms with Gasteiger partial charge >= 0.3 is 5.69 Å². The van der Waals surface area contributed by atoms with E-state index in [-0.39, 0.29) is 17.3 Å². The van der Waals surface area contributed by atoms with Crippen molar-refractivity contribution in [3.63, 3.8) is 0 Å². The fourth-order valence-electron chi connectivity index (χ4n) is 1.18. The highest BCUT2D eigenvalue weighted by Crippen LogP contribution is 2.21. The predicted molar refractivity (Wildman–Crippen MR) is 65.1 cm³/mol. The minimum atomic E-state index is -0.518. The number of hydrogen-bond donors (Lipinski definition) is 1. The molecule has 16 heavy (non-hydrogen) atoms. The molecule has 0 aliphatic rings. The van der Waals surface area contributed by atoms with Crippen molar-refractivity contribution in [1.29, 1.82) is 0 Å². The van der Waals surface area contributed by atoms with E-state index in [1.165, 1.54) is 16.8 Å². The summed E-state index contributed by atoms with van der Waals surface area (Å²) in [6.07, 6.45) is 3.21. The first-order valence-corrected chi connectivity index (χ1v) is 5.27. The molecule has 0 aliphatic carbocycles. The van der Waals surface area contributed by atoms with Gasteiger partial charge in [-0.05, 0) is 28.7 Å². The van der Waals surface area contributed by atoms with Crippen LogP contribution in [0.1, 0.15) is 0 Å². The van der Waals surface area contributed by atoms with Crippen LogP contribution in [0.25, 0.3) is 5.82 Å². The number of aromatic nitrogens is 3. The molecule has 2 rings (SSSR count). The van der Waals surface area contributed by atoms with Crippen LogP contribution >= 0.6 is 22.6 Å². The fourth-order valence-corrected chi connectivity index (χ4v) is 1.57. The highest BCUT2D eigenvalue weighted by atomic mass is 127. The summed E-state index contributed by atoms with van der Waals surface area (Å²) in [5.41, 5.74) is 5.36. The summed E-state index contributed by atoms with van der Waals surface area (Å²) >= 11 is 2.05. The summed E-state index contributed by atoms with van der Waals surface area (Å²) in [4.78, 5) is 14.2. The van der Waals surface area contributed by atoms with Crippen molar-refractivity contribution in [1.82, 2.24) is 14.8 Å². The van der Waals surface area contributed by atoms with Crippen LogP contribution in [0, 0.1) is 13.7 Å². The van der Waals surface area contributed by atoms with Crippen LogP contribution in [-0.4, -0.2) is 19.7 Å². The second-order valence-electron chi connectivity index (χ2n) is 2.94. The first kappa shape index (κ1) is 10.8. The van der Waals surface area contributed by atoms with Gasteiger partial charge in [-0.25, -0.2) is 9.67 Å². The lowest BCUT2D eigenvalue weighted by Gasteiger charge is -2.02. The monoisotopic (exact) mass is 331 g/mol. The molecule has 2 heterocycles. The average Bonchev–Trinajstić information content (AvgIpc) is 2.64. The Hall–Kier alpha value is -1.71. The molecule has 2 aromatic rings. The zero-order valence-corrected chi connectivity index (χ0v) is 10.0. The van der Waals surface area contributed by atoms with E-state index in [1.807, 2.05) is 0 Å². The van der Waals surface area contributed by atoms with Gasteiger partial charge in [-0.15, -0.1) is 0 Å². The summed E-state index contributed by atoms with van der Waals surface area (Å²) in [7, 11) is 0. The van der Waals surface area contributed by atoms with Crippen LogP contribution in [0.2, 0.25) is 0 Å². The summed E-state index contributed by atoms with van der Waals surface area (Å²) < 4.78 is 2.19. The largest absolute Gasteiger partial charge is 0.384 e. The molecule has 0 bridgehead atoms. The number of hydrogen-bond acceptors (Lipinski definition) is 5. The van der Waals surface area contributed by atoms with Gasteiger partial charge in [0, 0.05) is 12.3 Å². The third-order valence-corrected chi connectivity index (χ3v) is 2.40. The Balaban J connectivity index is 2.62. The first-order chi connectivity index (χ1) is 7.58. The van der Waals surface area contributed by atoms with Crippen LogP contribution in [0.15, 0.2) is 24.5 Å². The van der Waals surface area contributed by atoms with Crippen LogP contribution in [0.5, 0.6) is 0 Å². The second-order valence-corrected chi connectivity index (χ2v) is 4.18. The molecule has 0 aromatic carbocycles. The molecule has 0 aliphatic heterocycles. The molecule has 82 valence electrons. The Morgan fingerprint density at radius 3 is 2.81 bits per heavy atom. The van der Waals surface area contributed by atoms with Crippen molar-refractivity contribution in [3.05, 3.63) is 38.2 Å². The van der Waals surface area contributed by atoms with Gasteiger partial charge in [0.2, 0.25) is 5.82 Å². The number of nitrogens with zero attached hydrogens (tertiary/aromatic N) is 4. The molecule has 0 atom stereocenters. The van der Waals surface area contributed by atoms with E-state index in [0.717, 1.165) is 3.57 Å². The van der Waals surface area contributed by atoms with E-state index in [4.69, 9.17) is 5.73 Å². The van der Waals surface area contributed by atoms with Crippen LogP contribution in [0.4, 0.5) is 11.5 Å². The predicted octanol–water partition coefficient (Wildman–Crippen LogP) is 1.36. The molecule has 0 saturated heterocycles. The van der Waals surface area contributed by atoms with Gasteiger partial charge in [0.05, 0.1) is 14.7 Å². The number of halogens is 1. The maximum atomic E-state index is 10.8. The van der Waals surface area contributed by atoms with Crippen molar-refractivity contribution < 1.29 is 4.92 Å². The Bertz CT molecular complexity index is 553. The van der Waals surface area contributed by atoms with Crippen molar-refractivity contribution in [2.45, 2.75) is 0 Å². The Kier molecular flexibility index (Phi) is 2.73. The van der Waals surface area contributed by atoms with Gasteiger partial charge in [0.15, 0.2) is 0 Å². The number of rotatable bonds is 2. The van der Waals surface area contributed by atoms with E-state index in [0.29, 0.717) is 0 Å². The van der Waals surface area contributed by atoms with Gasteiger partial charge in [0.25, 0.3) is 0 Å². The lowest BCUT2D eigenvalue weighted by atomic mass is 10.4. The lowest BCUT2D eigenvalue weighted by molar-refractivity contribution is -0.384. The average molecular weight is 331 g/mol. The molecule has 0 unspecified atom stereocenters. The molecule has 0 amide bonds. The summed E-state index contributed by atoms with van der Waals surface area (Å²) in [5.74, 6) is 0.332. The fraction of sp³-hybridized carbons (Fsp3) is 0. The van der Waals surface area contributed by atoms with Crippen molar-refractivity contribution in [3.8, 4) is 5.82 Å². The van der Waals surface area contributed by atoms with Crippen molar-refractivity contribution in [2.24, 2.45) is 0 Å². The minimum Gasteiger partial charge on any atom is -0.384 e. The topological polar surface area (TPSA) is 99.9 Å². The number of nitrogen functional groups attached to an aromatic ring is 1. The van der Waals surface area contributed by atoms with Gasteiger partial charge in [-0.2, -0.15) is 5.10 Å². The van der Waals surface area contributed by atoms with Gasteiger partial charge in [-0.3, -0.25) is 10.1 Å². The van der Waals surface area contributed by atoms with Gasteiger partial charge < -0.3 is 5.73 Å². The van der Waals surface area contributed by atoms with E-state index < -0.39 is 4.92 Å². The van der Waals surface area contributed by atoms with Gasteiger partial charge in [-0.1, -0.05) is 0 Å². The standard InChI is InChI=1S/C8H6IN5O2/c9-5-3-11-13(4-5)8-6(14(15)16)1-2-7(10)12-8/h1-4H,(H2,10,12). The van der Waals surface area contributed by atoms with E-state index >= 15 is 0 Å². The smallest absolute Gasteiger partial charge is 0.313 e. The highest BCUT2D eigenvalue weighted by molar-refractivity contribution is 14.1. The molecule has 0 saturated carbocycles. The highest BCUT2D eigenvalue weighted by Gasteiger charge is 2.17. The molecule has 8 heteroatoms. The molecule has 2 aromatic heterocycles. The second kappa shape index (κ2) is 4.04. The molecule has 0 spiro atoms. The zero-order valence-electron chi connectivity index (χ0n) is 7.87. The maximum Gasteiger partial charge on any atom is 0.313 e. The molecular formula is C8H6IN5O2. The number of nitro groups is 1. The summed E-state index contributed by atoms with van der Waals surface area (Å²) in [5, 5.41) is 14.8. The van der Waals surface area contributed by atoms with E-state index in [2.05, 4.69) is 32.7 Å². The molecule has 2 N–H and O–H groups in total. The summed E-state index contributed by atoms with van der Waals surface area (Å²) in [6.45, 7) is 0. The van der Waals surface area contributed by atoms with Crippen LogP contribution < -0.4 is 5.73 Å². The molecule has 0 fully saturated rings. The molecule has 7 nitrogen and oxygen atoms in total. The van der Waals surface area contributed by atoms with Crippen LogP contribution in [0.3, 0.4) is 0 Å². The molecule has 0 radical (unpaired) electrons. The van der Waals surface area contributed by atoms with Crippen molar-refractivity contribution in [2.75, 3.05) is 5.73 Å². The molecular weight excluding hydrogens is 325 g/mol. The maximum absolute atomic E-state index is 10.8. The normalized spacial score (nSPS) is 10.3. The van der Waals surface area contributed by atoms with Gasteiger partial charge in [0.1, 0.15) is 5.82 Å². The number of anilines is 1. The Morgan fingerprint density at radius 1 is 1.50 bits per heavy atom. The zero-order chi connectivity index (χ0) is 11.7. The first-order valence-electron chi connectivity index (χ1n) is 4.19. The third-order valence-electron chi connectivity index (χ3n) is 1.84. The summed E-state index contributed by atoms with van der Waals surface area (Å²) in [6, 6.07) is 2.70. The van der Waals surface area contributed by atoms with Crippen molar-refractivity contribution >= 4 is 34.1 Å². The third kappa shape index (κ3) is 1.96.